The lowest BCUT2D eigenvalue weighted by atomic mass is 10.0. The van der Waals surface area contributed by atoms with Gasteiger partial charge in [-0.1, -0.05) is 26.0 Å². The van der Waals surface area contributed by atoms with Gasteiger partial charge in [0.2, 0.25) is 11.8 Å². The summed E-state index contributed by atoms with van der Waals surface area (Å²) in [5.74, 6) is -1.04. The molecule has 1 heterocycles. The third kappa shape index (κ3) is 6.84. The van der Waals surface area contributed by atoms with Crippen molar-refractivity contribution >= 4 is 28.3 Å². The summed E-state index contributed by atoms with van der Waals surface area (Å²) >= 11 is 1.25. The molecular formula is C18H20F3N3O3S. The number of alkyl halides is 3. The van der Waals surface area contributed by atoms with E-state index >= 15 is 0 Å². The van der Waals surface area contributed by atoms with Crippen molar-refractivity contribution in [1.82, 2.24) is 10.3 Å². The monoisotopic (exact) mass is 415 g/mol. The molecule has 152 valence electrons. The quantitative estimate of drug-likeness (QED) is 0.722. The van der Waals surface area contributed by atoms with Gasteiger partial charge in [0.25, 0.3) is 0 Å². The summed E-state index contributed by atoms with van der Waals surface area (Å²) in [6.45, 7) is 4.98. The topological polar surface area (TPSA) is 80.3 Å². The number of hydrogen-bond donors (Lipinski definition) is 2. The molecule has 0 aliphatic rings. The van der Waals surface area contributed by atoms with E-state index in [0.29, 0.717) is 11.6 Å². The van der Waals surface area contributed by atoms with E-state index in [4.69, 9.17) is 0 Å². The summed E-state index contributed by atoms with van der Waals surface area (Å²) in [5, 5.41) is 5.66. The Morgan fingerprint density at radius 2 is 1.86 bits per heavy atom. The van der Waals surface area contributed by atoms with E-state index in [-0.39, 0.29) is 23.5 Å². The smallest absolute Gasteiger partial charge is 0.406 e. The second kappa shape index (κ2) is 9.05. The molecule has 0 aliphatic carbocycles. The van der Waals surface area contributed by atoms with Crippen molar-refractivity contribution < 1.29 is 27.5 Å². The molecule has 0 fully saturated rings. The number of aromatic nitrogens is 1. The first kappa shape index (κ1) is 21.7. The Morgan fingerprint density at radius 1 is 1.21 bits per heavy atom. The van der Waals surface area contributed by atoms with Crippen molar-refractivity contribution in [3.05, 3.63) is 40.9 Å². The first-order valence-corrected chi connectivity index (χ1v) is 9.22. The van der Waals surface area contributed by atoms with Gasteiger partial charge in [0.05, 0.1) is 0 Å². The van der Waals surface area contributed by atoms with E-state index in [9.17, 15) is 22.8 Å². The summed E-state index contributed by atoms with van der Waals surface area (Å²) in [7, 11) is 0. The Kier molecular flexibility index (Phi) is 7.00. The summed E-state index contributed by atoms with van der Waals surface area (Å²) in [6.07, 6.45) is -2.69. The van der Waals surface area contributed by atoms with Gasteiger partial charge in [0, 0.05) is 24.4 Å². The van der Waals surface area contributed by atoms with Crippen LogP contribution >= 0.6 is 11.3 Å². The highest BCUT2D eigenvalue weighted by Crippen LogP contribution is 2.25. The van der Waals surface area contributed by atoms with E-state index in [1.807, 2.05) is 13.8 Å². The molecule has 0 saturated carbocycles. The molecule has 0 aliphatic heterocycles. The summed E-state index contributed by atoms with van der Waals surface area (Å²) in [6, 6.07) is 4.88. The standard InChI is InChI=1S/C18H20F3N3O3S/c1-10(2)15(23-11(3)25)16(26)24-17-22-9-14(28-17)8-12-4-6-13(7-5-12)27-18(19,20)21/h4-7,9-10,15H,8H2,1-3H3,(H,23,25)(H,22,24,26)/t15-/m1/s1. The fourth-order valence-corrected chi connectivity index (χ4v) is 3.24. The van der Waals surface area contributed by atoms with Crippen molar-refractivity contribution in [2.45, 2.75) is 39.6 Å². The number of carbonyl (C=O) groups is 2. The molecule has 0 radical (unpaired) electrons. The maximum atomic E-state index is 12.3. The second-order valence-corrected chi connectivity index (χ2v) is 7.53. The van der Waals surface area contributed by atoms with Crippen LogP contribution in [0.2, 0.25) is 0 Å². The van der Waals surface area contributed by atoms with Gasteiger partial charge in [0.1, 0.15) is 11.8 Å². The summed E-state index contributed by atoms with van der Waals surface area (Å²) in [4.78, 5) is 28.6. The molecule has 28 heavy (non-hydrogen) atoms. The fraction of sp³-hybridized carbons (Fsp3) is 0.389. The van der Waals surface area contributed by atoms with Crippen LogP contribution in [-0.2, 0) is 16.0 Å². The molecule has 2 N–H and O–H groups in total. The van der Waals surface area contributed by atoms with E-state index in [1.165, 1.54) is 42.5 Å². The number of ether oxygens (including phenoxy) is 1. The Labute approximate surface area is 164 Å². The lowest BCUT2D eigenvalue weighted by Gasteiger charge is -2.20. The molecule has 1 aromatic carbocycles. The van der Waals surface area contributed by atoms with Crippen LogP contribution in [0.5, 0.6) is 5.75 Å². The molecule has 2 rings (SSSR count). The Bertz CT molecular complexity index is 819. The Morgan fingerprint density at radius 3 is 2.39 bits per heavy atom. The molecule has 1 atom stereocenters. The van der Waals surface area contributed by atoms with Gasteiger partial charge in [-0.15, -0.1) is 24.5 Å². The summed E-state index contributed by atoms with van der Waals surface area (Å²) in [5.41, 5.74) is 0.773. The van der Waals surface area contributed by atoms with Crippen LogP contribution in [0.1, 0.15) is 31.2 Å². The largest absolute Gasteiger partial charge is 0.573 e. The minimum absolute atomic E-state index is 0.0965. The van der Waals surface area contributed by atoms with Gasteiger partial charge in [-0.25, -0.2) is 4.98 Å². The van der Waals surface area contributed by atoms with Gasteiger partial charge in [-0.3, -0.25) is 9.59 Å². The van der Waals surface area contributed by atoms with Crippen LogP contribution in [0.4, 0.5) is 18.3 Å². The normalized spacial score (nSPS) is 12.5. The number of rotatable bonds is 7. The number of carbonyl (C=O) groups excluding carboxylic acids is 2. The number of hydrogen-bond acceptors (Lipinski definition) is 5. The first-order valence-electron chi connectivity index (χ1n) is 8.41. The van der Waals surface area contributed by atoms with Crippen LogP contribution in [0, 0.1) is 5.92 Å². The Balaban J connectivity index is 1.98. The number of nitrogens with one attached hydrogen (secondary N) is 2. The van der Waals surface area contributed by atoms with E-state index in [2.05, 4.69) is 20.4 Å². The minimum Gasteiger partial charge on any atom is -0.406 e. The highest BCUT2D eigenvalue weighted by molar-refractivity contribution is 7.15. The molecule has 0 spiro atoms. The molecule has 2 amide bonds. The van der Waals surface area contributed by atoms with Gasteiger partial charge in [-0.2, -0.15) is 0 Å². The lowest BCUT2D eigenvalue weighted by molar-refractivity contribution is -0.274. The third-order valence-corrected chi connectivity index (χ3v) is 4.54. The zero-order chi connectivity index (χ0) is 20.9. The van der Waals surface area contributed by atoms with Crippen LogP contribution in [0.25, 0.3) is 0 Å². The van der Waals surface area contributed by atoms with Crippen LogP contribution in [0.3, 0.4) is 0 Å². The lowest BCUT2D eigenvalue weighted by Crippen LogP contribution is -2.46. The number of benzene rings is 1. The predicted octanol–water partition coefficient (Wildman–Crippen LogP) is 3.73. The molecule has 2 aromatic rings. The molecule has 10 heteroatoms. The van der Waals surface area contributed by atoms with Crippen molar-refractivity contribution in [1.29, 1.82) is 0 Å². The van der Waals surface area contributed by atoms with E-state index in [1.54, 1.807) is 6.20 Å². The number of thiazole rings is 1. The number of halogens is 3. The van der Waals surface area contributed by atoms with Crippen molar-refractivity contribution in [3.63, 3.8) is 0 Å². The van der Waals surface area contributed by atoms with Gasteiger partial charge in [-0.05, 0) is 23.6 Å². The third-order valence-electron chi connectivity index (χ3n) is 3.63. The van der Waals surface area contributed by atoms with Gasteiger partial charge >= 0.3 is 6.36 Å². The highest BCUT2D eigenvalue weighted by atomic mass is 32.1. The number of anilines is 1. The SMILES string of the molecule is CC(=O)N[C@@H](C(=O)Nc1ncc(Cc2ccc(OC(F)(F)F)cc2)s1)C(C)C. The zero-order valence-corrected chi connectivity index (χ0v) is 16.3. The van der Waals surface area contributed by atoms with Crippen LogP contribution in [0.15, 0.2) is 30.5 Å². The molecule has 1 aromatic heterocycles. The highest BCUT2D eigenvalue weighted by Gasteiger charge is 2.31. The zero-order valence-electron chi connectivity index (χ0n) is 15.5. The number of amides is 2. The van der Waals surface area contributed by atoms with Gasteiger partial charge < -0.3 is 15.4 Å². The number of nitrogens with zero attached hydrogens (tertiary/aromatic N) is 1. The fourth-order valence-electron chi connectivity index (χ4n) is 2.39. The van der Waals surface area contributed by atoms with Crippen molar-refractivity contribution in [2.75, 3.05) is 5.32 Å². The average Bonchev–Trinajstić information content (AvgIpc) is 2.99. The molecular weight excluding hydrogens is 395 g/mol. The van der Waals surface area contributed by atoms with Crippen LogP contribution < -0.4 is 15.4 Å². The molecule has 0 bridgehead atoms. The second-order valence-electron chi connectivity index (χ2n) is 6.41. The molecule has 0 saturated heterocycles. The van der Waals surface area contributed by atoms with E-state index in [0.717, 1.165) is 10.4 Å². The molecule has 0 unspecified atom stereocenters. The van der Waals surface area contributed by atoms with Crippen molar-refractivity contribution in [3.8, 4) is 5.75 Å². The van der Waals surface area contributed by atoms with Crippen LogP contribution in [-0.4, -0.2) is 29.2 Å². The predicted molar refractivity (Wildman–Crippen MR) is 99.1 cm³/mol. The maximum absolute atomic E-state index is 12.3. The first-order chi connectivity index (χ1) is 13.0. The molecule has 6 nitrogen and oxygen atoms in total. The van der Waals surface area contributed by atoms with Gasteiger partial charge in [0.15, 0.2) is 5.13 Å². The maximum Gasteiger partial charge on any atom is 0.573 e. The Hall–Kier alpha value is -2.62. The summed E-state index contributed by atoms with van der Waals surface area (Å²) < 4.78 is 40.4. The van der Waals surface area contributed by atoms with Crippen molar-refractivity contribution in [2.24, 2.45) is 5.92 Å². The average molecular weight is 415 g/mol. The van der Waals surface area contributed by atoms with E-state index < -0.39 is 12.4 Å². The minimum atomic E-state index is -4.72.